The normalized spacial score (nSPS) is 13.9. The minimum absolute atomic E-state index is 0.257. The quantitative estimate of drug-likeness (QED) is 0.229. The second-order valence-corrected chi connectivity index (χ2v) is 10.9. The monoisotopic (exact) mass is 422 g/mol. The van der Waals surface area contributed by atoms with Gasteiger partial charge in [-0.15, -0.1) is 0 Å². The Balaban J connectivity index is 3.34. The first-order chi connectivity index (χ1) is 12.1. The highest BCUT2D eigenvalue weighted by atomic mass is 32.9. The highest BCUT2D eigenvalue weighted by molar-refractivity contribution is 8.67. The first-order valence-corrected chi connectivity index (χ1v) is 12.3. The standard InChI is InChI=1S/C14H31O8PS2/c1-16-3-5-18-7-8-20-11-12-22-23(15,24)25-14-13-21-10-9-19-6-4-17-2/h3-14H2,1-2H3,(H,15,24). The van der Waals surface area contributed by atoms with Gasteiger partial charge >= 0.3 is 0 Å². The lowest BCUT2D eigenvalue weighted by molar-refractivity contribution is 0.0183. The number of ether oxygens (including phenoxy) is 6. The van der Waals surface area contributed by atoms with Crippen molar-refractivity contribution in [2.24, 2.45) is 0 Å². The van der Waals surface area contributed by atoms with E-state index in [-0.39, 0.29) is 6.61 Å². The molecule has 0 amide bonds. The van der Waals surface area contributed by atoms with Crippen LogP contribution < -0.4 is 0 Å². The number of hydrogen-bond acceptors (Lipinski definition) is 9. The molecule has 0 aliphatic rings. The Morgan fingerprint density at radius 2 is 1.08 bits per heavy atom. The van der Waals surface area contributed by atoms with E-state index in [1.54, 1.807) is 14.2 Å². The molecule has 0 aliphatic heterocycles. The molecule has 0 bridgehead atoms. The molecule has 11 heteroatoms. The van der Waals surface area contributed by atoms with E-state index in [1.165, 1.54) is 11.4 Å². The molecule has 0 saturated carbocycles. The fraction of sp³-hybridized carbons (Fsp3) is 1.00. The molecule has 0 aromatic heterocycles. The fourth-order valence-corrected chi connectivity index (χ4v) is 4.45. The molecule has 152 valence electrons. The van der Waals surface area contributed by atoms with Crippen LogP contribution in [0.1, 0.15) is 0 Å². The first-order valence-electron chi connectivity index (χ1n) is 8.03. The van der Waals surface area contributed by atoms with E-state index in [2.05, 4.69) is 0 Å². The third kappa shape index (κ3) is 20.8. The number of methoxy groups -OCH3 is 2. The van der Waals surface area contributed by atoms with Gasteiger partial charge in [-0.2, -0.15) is 0 Å². The molecular weight excluding hydrogens is 391 g/mol. The van der Waals surface area contributed by atoms with Gasteiger partial charge in [0.15, 0.2) is 0 Å². The van der Waals surface area contributed by atoms with Gasteiger partial charge in [-0.3, -0.25) is 0 Å². The molecule has 0 spiro atoms. The van der Waals surface area contributed by atoms with Crippen molar-refractivity contribution in [2.75, 3.05) is 92.6 Å². The molecule has 0 rings (SSSR count). The van der Waals surface area contributed by atoms with Crippen LogP contribution in [-0.2, 0) is 44.8 Å². The predicted octanol–water partition coefficient (Wildman–Crippen LogP) is 1.31. The smallest absolute Gasteiger partial charge is 0.244 e. The highest BCUT2D eigenvalue weighted by Gasteiger charge is 2.14. The minimum atomic E-state index is -2.84. The van der Waals surface area contributed by atoms with Crippen molar-refractivity contribution in [3.8, 4) is 0 Å². The SMILES string of the molecule is COCCOCCOCCOP(O)(=S)SCCOCCOCCOC. The zero-order valence-corrected chi connectivity index (χ0v) is 17.6. The van der Waals surface area contributed by atoms with Crippen LogP contribution in [0.25, 0.3) is 0 Å². The molecule has 0 heterocycles. The van der Waals surface area contributed by atoms with E-state index in [1.807, 2.05) is 0 Å². The Bertz CT molecular complexity index is 299. The van der Waals surface area contributed by atoms with Gasteiger partial charge in [0.1, 0.15) is 0 Å². The summed E-state index contributed by atoms with van der Waals surface area (Å²) in [7, 11) is 3.25. The summed E-state index contributed by atoms with van der Waals surface area (Å²) < 4.78 is 36.2. The average molecular weight is 423 g/mol. The molecule has 1 atom stereocenters. The third-order valence-electron chi connectivity index (χ3n) is 2.57. The van der Waals surface area contributed by atoms with Crippen LogP contribution in [0.15, 0.2) is 0 Å². The molecule has 0 saturated heterocycles. The zero-order valence-electron chi connectivity index (χ0n) is 15.1. The molecule has 0 radical (unpaired) electrons. The van der Waals surface area contributed by atoms with Crippen LogP contribution in [0.5, 0.6) is 0 Å². The number of hydrogen-bond donors (Lipinski definition) is 1. The summed E-state index contributed by atoms with van der Waals surface area (Å²) in [5.74, 6) is 0.569. The Hall–Kier alpha value is 0.680. The van der Waals surface area contributed by atoms with Crippen molar-refractivity contribution in [1.82, 2.24) is 0 Å². The second kappa shape index (κ2) is 19.4. The average Bonchev–Trinajstić information content (AvgIpc) is 2.59. The summed E-state index contributed by atoms with van der Waals surface area (Å²) in [5, 5.41) is 0. The molecule has 0 aromatic carbocycles. The molecule has 0 fully saturated rings. The van der Waals surface area contributed by atoms with Crippen LogP contribution >= 0.6 is 17.1 Å². The summed E-state index contributed by atoms with van der Waals surface area (Å²) in [6.07, 6.45) is 0. The first kappa shape index (κ1) is 25.7. The van der Waals surface area contributed by atoms with Gasteiger partial charge in [0, 0.05) is 20.0 Å². The zero-order chi connectivity index (χ0) is 18.6. The van der Waals surface area contributed by atoms with Crippen molar-refractivity contribution < 1.29 is 37.8 Å². The van der Waals surface area contributed by atoms with Crippen LogP contribution in [-0.4, -0.2) is 97.5 Å². The summed E-state index contributed by atoms with van der Waals surface area (Å²) >= 11 is 6.27. The van der Waals surface area contributed by atoms with Crippen molar-refractivity contribution in [3.63, 3.8) is 0 Å². The fourth-order valence-electron chi connectivity index (χ4n) is 1.39. The minimum Gasteiger partial charge on any atom is -0.382 e. The van der Waals surface area contributed by atoms with E-state index < -0.39 is 5.69 Å². The highest BCUT2D eigenvalue weighted by Crippen LogP contribution is 2.55. The van der Waals surface area contributed by atoms with Gasteiger partial charge in [0.2, 0.25) is 5.69 Å². The molecule has 1 N–H and O–H groups in total. The lowest BCUT2D eigenvalue weighted by atomic mass is 10.7. The second-order valence-electron chi connectivity index (χ2n) is 4.57. The van der Waals surface area contributed by atoms with Gasteiger partial charge in [-0.25, -0.2) is 0 Å². The van der Waals surface area contributed by atoms with E-state index in [0.29, 0.717) is 71.8 Å². The molecule has 1 unspecified atom stereocenters. The largest absolute Gasteiger partial charge is 0.382 e. The lowest BCUT2D eigenvalue weighted by Gasteiger charge is -2.15. The van der Waals surface area contributed by atoms with E-state index in [4.69, 9.17) is 44.8 Å². The van der Waals surface area contributed by atoms with Crippen molar-refractivity contribution in [2.45, 2.75) is 0 Å². The Morgan fingerprint density at radius 3 is 1.56 bits per heavy atom. The van der Waals surface area contributed by atoms with Crippen molar-refractivity contribution >= 4 is 28.9 Å². The van der Waals surface area contributed by atoms with E-state index in [9.17, 15) is 4.89 Å². The Kier molecular flexibility index (Phi) is 20.0. The van der Waals surface area contributed by atoms with Gasteiger partial charge in [0.25, 0.3) is 0 Å². The third-order valence-corrected chi connectivity index (χ3v) is 6.86. The Morgan fingerprint density at radius 1 is 0.680 bits per heavy atom. The van der Waals surface area contributed by atoms with Gasteiger partial charge in [-0.05, 0) is 11.8 Å². The van der Waals surface area contributed by atoms with E-state index >= 15 is 0 Å². The maximum absolute atomic E-state index is 9.99. The van der Waals surface area contributed by atoms with Crippen molar-refractivity contribution in [1.29, 1.82) is 0 Å². The summed E-state index contributed by atoms with van der Waals surface area (Å²) in [6, 6.07) is 0. The van der Waals surface area contributed by atoms with Crippen LogP contribution in [0.3, 0.4) is 0 Å². The lowest BCUT2D eigenvalue weighted by Crippen LogP contribution is -2.11. The summed E-state index contributed by atoms with van der Waals surface area (Å²) in [4.78, 5) is 9.99. The van der Waals surface area contributed by atoms with Crippen LogP contribution in [0.2, 0.25) is 0 Å². The molecule has 8 nitrogen and oxygen atoms in total. The van der Waals surface area contributed by atoms with Crippen molar-refractivity contribution in [3.05, 3.63) is 0 Å². The molecule has 25 heavy (non-hydrogen) atoms. The predicted molar refractivity (Wildman–Crippen MR) is 102 cm³/mol. The summed E-state index contributed by atoms with van der Waals surface area (Å²) in [6.45, 7) is 5.33. The van der Waals surface area contributed by atoms with E-state index in [0.717, 1.165) is 0 Å². The van der Waals surface area contributed by atoms with Crippen LogP contribution in [0, 0.1) is 0 Å². The maximum atomic E-state index is 9.99. The molecule has 0 aromatic rings. The van der Waals surface area contributed by atoms with Gasteiger partial charge in [-0.1, -0.05) is 11.4 Å². The van der Waals surface area contributed by atoms with Gasteiger partial charge < -0.3 is 37.8 Å². The Labute approximate surface area is 159 Å². The summed E-state index contributed by atoms with van der Waals surface area (Å²) in [5.41, 5.74) is -2.84. The maximum Gasteiger partial charge on any atom is 0.244 e. The number of rotatable bonds is 20. The molecular formula is C14H31O8PS2. The molecule has 0 aliphatic carbocycles. The topological polar surface area (TPSA) is 84.8 Å². The van der Waals surface area contributed by atoms with Gasteiger partial charge in [0.05, 0.1) is 72.7 Å². The van der Waals surface area contributed by atoms with Crippen LogP contribution in [0.4, 0.5) is 0 Å².